The van der Waals surface area contributed by atoms with Crippen molar-refractivity contribution in [2.75, 3.05) is 20.2 Å². The minimum atomic E-state index is -1.40. The van der Waals surface area contributed by atoms with E-state index in [2.05, 4.69) is 4.98 Å². The fourth-order valence-corrected chi connectivity index (χ4v) is 3.60. The number of aromatic nitrogens is 2. The number of halogens is 5. The number of aliphatic hydroxyl groups is 1. The first-order valence-electron chi connectivity index (χ1n) is 7.76. The standard InChI is InChI=1S/C16H17F4N3OS.ClH/c1-22(2-3-24)7-11-12-4-8(6-23(12)16(25)21-11)13-14(19)9(17)5-10(18)15(13)20;/h5,8,24H,2-4,6-7H2,1H3,(H,21,25);1H/t8-;/m0./s1. The van der Waals surface area contributed by atoms with E-state index in [9.17, 15) is 17.6 Å². The van der Waals surface area contributed by atoms with E-state index in [4.69, 9.17) is 17.3 Å². The van der Waals surface area contributed by atoms with E-state index in [0.29, 0.717) is 17.9 Å². The zero-order chi connectivity index (χ0) is 18.3. The normalized spacial score (nSPS) is 16.0. The van der Waals surface area contributed by atoms with Gasteiger partial charge in [0.2, 0.25) is 0 Å². The van der Waals surface area contributed by atoms with Crippen LogP contribution in [-0.4, -0.2) is 39.8 Å². The van der Waals surface area contributed by atoms with Gasteiger partial charge < -0.3 is 14.7 Å². The first-order chi connectivity index (χ1) is 11.8. The van der Waals surface area contributed by atoms with Gasteiger partial charge in [-0.2, -0.15) is 0 Å². The maximum absolute atomic E-state index is 14.1. The van der Waals surface area contributed by atoms with Crippen molar-refractivity contribution in [1.29, 1.82) is 0 Å². The second-order valence-corrected chi connectivity index (χ2v) is 6.60. The summed E-state index contributed by atoms with van der Waals surface area (Å²) in [5.41, 5.74) is 0.940. The van der Waals surface area contributed by atoms with Gasteiger partial charge in [0.25, 0.3) is 0 Å². The lowest BCUT2D eigenvalue weighted by atomic mass is 9.95. The third-order valence-electron chi connectivity index (χ3n) is 4.48. The number of hydrogen-bond donors (Lipinski definition) is 2. The van der Waals surface area contributed by atoms with Crippen LogP contribution in [0.1, 0.15) is 22.9 Å². The first-order valence-corrected chi connectivity index (χ1v) is 8.17. The Labute approximate surface area is 158 Å². The average molecular weight is 412 g/mol. The molecule has 2 aromatic rings. The Hall–Kier alpha value is -1.42. The van der Waals surface area contributed by atoms with Crippen LogP contribution in [0.4, 0.5) is 17.6 Å². The molecule has 2 N–H and O–H groups in total. The van der Waals surface area contributed by atoms with Gasteiger partial charge in [-0.1, -0.05) is 0 Å². The predicted octanol–water partition coefficient (Wildman–Crippen LogP) is 3.29. The molecule has 144 valence electrons. The second kappa shape index (κ2) is 8.08. The number of rotatable bonds is 5. The molecule has 0 amide bonds. The summed E-state index contributed by atoms with van der Waals surface area (Å²) < 4.78 is 57.2. The smallest absolute Gasteiger partial charge is 0.177 e. The number of hydrogen-bond acceptors (Lipinski definition) is 3. The minimum absolute atomic E-state index is 0. The number of aromatic amines is 1. The highest BCUT2D eigenvalue weighted by molar-refractivity contribution is 7.71. The Balaban J connectivity index is 0.00000243. The number of likely N-dealkylation sites (N-methyl/N-ethyl adjacent to an activating group) is 1. The molecule has 0 unspecified atom stereocenters. The van der Waals surface area contributed by atoms with Gasteiger partial charge in [0.15, 0.2) is 28.0 Å². The third kappa shape index (κ3) is 3.66. The van der Waals surface area contributed by atoms with Crippen LogP contribution in [0.25, 0.3) is 0 Å². The van der Waals surface area contributed by atoms with E-state index in [1.165, 1.54) is 0 Å². The molecule has 1 atom stereocenters. The van der Waals surface area contributed by atoms with Crippen LogP contribution in [-0.2, 0) is 19.5 Å². The quantitative estimate of drug-likeness (QED) is 0.451. The van der Waals surface area contributed by atoms with Crippen molar-refractivity contribution in [2.24, 2.45) is 0 Å². The van der Waals surface area contributed by atoms with Crippen molar-refractivity contribution in [3.63, 3.8) is 0 Å². The lowest BCUT2D eigenvalue weighted by molar-refractivity contribution is 0.216. The third-order valence-corrected chi connectivity index (χ3v) is 4.81. The molecule has 1 aromatic heterocycles. The van der Waals surface area contributed by atoms with Crippen LogP contribution < -0.4 is 0 Å². The van der Waals surface area contributed by atoms with E-state index in [-0.39, 0.29) is 38.0 Å². The van der Waals surface area contributed by atoms with Crippen LogP contribution in [0, 0.1) is 28.0 Å². The van der Waals surface area contributed by atoms with Gasteiger partial charge in [-0.15, -0.1) is 12.4 Å². The van der Waals surface area contributed by atoms with Crippen molar-refractivity contribution in [3.05, 3.63) is 51.1 Å². The van der Waals surface area contributed by atoms with Gasteiger partial charge in [-0.3, -0.25) is 4.90 Å². The predicted molar refractivity (Wildman–Crippen MR) is 93.0 cm³/mol. The van der Waals surface area contributed by atoms with Crippen LogP contribution in [0.5, 0.6) is 0 Å². The molecule has 0 fully saturated rings. The number of nitrogens with one attached hydrogen (secondary N) is 1. The fourth-order valence-electron chi connectivity index (χ4n) is 3.29. The van der Waals surface area contributed by atoms with Crippen molar-refractivity contribution < 1.29 is 22.7 Å². The lowest BCUT2D eigenvalue weighted by Gasteiger charge is -2.15. The van der Waals surface area contributed by atoms with Crippen molar-refractivity contribution >= 4 is 24.6 Å². The number of benzene rings is 1. The summed E-state index contributed by atoms with van der Waals surface area (Å²) in [5, 5.41) is 8.99. The Morgan fingerprint density at radius 3 is 2.46 bits per heavy atom. The largest absolute Gasteiger partial charge is 0.395 e. The fraction of sp³-hybridized carbons (Fsp3) is 0.438. The number of imidazole rings is 1. The van der Waals surface area contributed by atoms with Crippen LogP contribution >= 0.6 is 24.6 Å². The highest BCUT2D eigenvalue weighted by Crippen LogP contribution is 2.36. The molecule has 26 heavy (non-hydrogen) atoms. The Bertz CT molecular complexity index is 844. The van der Waals surface area contributed by atoms with Crippen molar-refractivity contribution in [3.8, 4) is 0 Å². The summed E-state index contributed by atoms with van der Waals surface area (Å²) in [6.07, 6.45) is 0.214. The molecule has 0 spiro atoms. The van der Waals surface area contributed by atoms with E-state index < -0.39 is 34.8 Å². The van der Waals surface area contributed by atoms with Gasteiger partial charge in [-0.25, -0.2) is 17.6 Å². The van der Waals surface area contributed by atoms with Gasteiger partial charge >= 0.3 is 0 Å². The molecule has 1 aromatic carbocycles. The van der Waals surface area contributed by atoms with E-state index >= 15 is 0 Å². The van der Waals surface area contributed by atoms with Gasteiger partial charge in [0, 0.05) is 42.9 Å². The highest BCUT2D eigenvalue weighted by Gasteiger charge is 2.33. The SMILES string of the molecule is CN(CCO)Cc1[nH]c(=S)n2c1C[C@H](c1c(F)c(F)cc(F)c1F)C2.Cl. The monoisotopic (exact) mass is 411 g/mol. The molecule has 1 aliphatic rings. The molecule has 0 bridgehead atoms. The molecule has 4 nitrogen and oxygen atoms in total. The Morgan fingerprint density at radius 2 is 1.88 bits per heavy atom. The average Bonchev–Trinajstić information content (AvgIpc) is 3.08. The number of fused-ring (bicyclic) bond motifs is 1. The molecule has 0 aliphatic carbocycles. The van der Waals surface area contributed by atoms with Crippen LogP contribution in [0.2, 0.25) is 0 Å². The molecule has 1 aliphatic heterocycles. The van der Waals surface area contributed by atoms with Crippen molar-refractivity contribution in [2.45, 2.75) is 25.4 Å². The molecular weight excluding hydrogens is 394 g/mol. The van der Waals surface area contributed by atoms with E-state index in [1.54, 1.807) is 4.57 Å². The number of H-pyrrole nitrogens is 1. The summed E-state index contributed by atoms with van der Waals surface area (Å²) in [4.78, 5) is 4.91. The second-order valence-electron chi connectivity index (χ2n) is 6.21. The first kappa shape index (κ1) is 20.9. The number of aliphatic hydroxyl groups excluding tert-OH is 1. The highest BCUT2D eigenvalue weighted by atomic mass is 35.5. The molecule has 0 radical (unpaired) electrons. The van der Waals surface area contributed by atoms with Crippen molar-refractivity contribution in [1.82, 2.24) is 14.5 Å². The zero-order valence-electron chi connectivity index (χ0n) is 13.9. The van der Waals surface area contributed by atoms with Gasteiger partial charge in [0.1, 0.15) is 0 Å². The van der Waals surface area contributed by atoms with Gasteiger partial charge in [0.05, 0.1) is 12.3 Å². The maximum Gasteiger partial charge on any atom is 0.177 e. The number of nitrogens with zero attached hydrogens (tertiary/aromatic N) is 2. The summed E-state index contributed by atoms with van der Waals surface area (Å²) in [6.45, 7) is 1.05. The topological polar surface area (TPSA) is 44.2 Å². The van der Waals surface area contributed by atoms with Crippen LogP contribution in [0.3, 0.4) is 0 Å². The minimum Gasteiger partial charge on any atom is -0.395 e. The summed E-state index contributed by atoms with van der Waals surface area (Å²) in [7, 11) is 1.81. The van der Waals surface area contributed by atoms with Crippen LogP contribution in [0.15, 0.2) is 6.07 Å². The zero-order valence-corrected chi connectivity index (χ0v) is 15.5. The molecule has 3 rings (SSSR count). The maximum atomic E-state index is 14.1. The molecule has 10 heteroatoms. The molecule has 2 heterocycles. The summed E-state index contributed by atoms with van der Waals surface area (Å²) in [5.74, 6) is -6.26. The van der Waals surface area contributed by atoms with E-state index in [1.807, 2.05) is 11.9 Å². The molecule has 0 saturated heterocycles. The summed E-state index contributed by atoms with van der Waals surface area (Å²) in [6, 6.07) is 0.213. The Kier molecular flexibility index (Phi) is 6.49. The molecule has 0 saturated carbocycles. The van der Waals surface area contributed by atoms with Gasteiger partial charge in [-0.05, 0) is 25.7 Å². The lowest BCUT2D eigenvalue weighted by Crippen LogP contribution is -2.22. The summed E-state index contributed by atoms with van der Waals surface area (Å²) >= 11 is 5.24. The molecular formula is C16H18ClF4N3OS. The Morgan fingerprint density at radius 1 is 1.27 bits per heavy atom. The van der Waals surface area contributed by atoms with E-state index in [0.717, 1.165) is 11.4 Å².